The third kappa shape index (κ3) is 2.84. The minimum absolute atomic E-state index is 0.201. The fraction of sp³-hybridized carbons (Fsp3) is 0.533. The molecule has 1 amide bonds. The number of piperidine rings is 1. The van der Waals surface area contributed by atoms with E-state index in [1.165, 1.54) is 0 Å². The monoisotopic (exact) mass is 246 g/mol. The number of para-hydroxylation sites is 1. The van der Waals surface area contributed by atoms with E-state index >= 15 is 0 Å². The Morgan fingerprint density at radius 3 is 2.72 bits per heavy atom. The van der Waals surface area contributed by atoms with E-state index in [1.807, 2.05) is 29.2 Å². The van der Waals surface area contributed by atoms with Crippen LogP contribution < -0.4 is 5.73 Å². The first-order chi connectivity index (χ1) is 8.58. The van der Waals surface area contributed by atoms with Gasteiger partial charge < -0.3 is 10.6 Å². The van der Waals surface area contributed by atoms with Gasteiger partial charge in [-0.2, -0.15) is 0 Å². The lowest BCUT2D eigenvalue weighted by Gasteiger charge is -2.35. The third-order valence-electron chi connectivity index (χ3n) is 4.08. The zero-order valence-corrected chi connectivity index (χ0v) is 11.2. The van der Waals surface area contributed by atoms with Gasteiger partial charge in [-0.25, -0.2) is 0 Å². The molecule has 18 heavy (non-hydrogen) atoms. The van der Waals surface area contributed by atoms with Crippen LogP contribution in [0.2, 0.25) is 0 Å². The summed E-state index contributed by atoms with van der Waals surface area (Å²) in [5, 5.41) is 0. The van der Waals surface area contributed by atoms with Gasteiger partial charge in [0.2, 0.25) is 5.91 Å². The van der Waals surface area contributed by atoms with E-state index in [1.54, 1.807) is 0 Å². The van der Waals surface area contributed by atoms with Gasteiger partial charge in [-0.1, -0.05) is 32.0 Å². The number of carbonyl (C=O) groups excluding carboxylic acids is 1. The lowest BCUT2D eigenvalue weighted by Crippen LogP contribution is -2.42. The smallest absolute Gasteiger partial charge is 0.227 e. The molecule has 0 bridgehead atoms. The van der Waals surface area contributed by atoms with Crippen LogP contribution in [0.5, 0.6) is 0 Å². The van der Waals surface area contributed by atoms with E-state index in [0.29, 0.717) is 18.0 Å². The number of hydrogen-bond donors (Lipinski definition) is 1. The third-order valence-corrected chi connectivity index (χ3v) is 4.08. The summed E-state index contributed by atoms with van der Waals surface area (Å²) >= 11 is 0. The Morgan fingerprint density at radius 1 is 1.33 bits per heavy atom. The summed E-state index contributed by atoms with van der Waals surface area (Å²) in [6, 6.07) is 7.61. The highest BCUT2D eigenvalue weighted by Crippen LogP contribution is 2.23. The highest BCUT2D eigenvalue weighted by molar-refractivity contribution is 5.80. The normalized spacial score (nSPS) is 24.0. The number of nitrogens with two attached hydrogens (primary N) is 1. The lowest BCUT2D eigenvalue weighted by molar-refractivity contribution is -0.132. The standard InChI is InChI=1S/C15H22N2O/c1-11-7-8-17(10-12(11)2)15(18)9-13-5-3-4-6-14(13)16/h3-6,11-12H,7-10,16H2,1-2H3. The van der Waals surface area contributed by atoms with Crippen molar-refractivity contribution >= 4 is 11.6 Å². The van der Waals surface area contributed by atoms with E-state index in [4.69, 9.17) is 5.73 Å². The van der Waals surface area contributed by atoms with Crippen molar-refractivity contribution in [1.29, 1.82) is 0 Å². The molecular formula is C15H22N2O. The lowest BCUT2D eigenvalue weighted by atomic mass is 9.88. The van der Waals surface area contributed by atoms with Gasteiger partial charge >= 0.3 is 0 Å². The molecule has 1 aromatic rings. The average Bonchev–Trinajstić information content (AvgIpc) is 2.35. The fourth-order valence-electron chi connectivity index (χ4n) is 2.46. The SMILES string of the molecule is CC1CCN(C(=O)Cc2ccccc2N)CC1C. The van der Waals surface area contributed by atoms with E-state index in [0.717, 1.165) is 31.0 Å². The second-order valence-electron chi connectivity index (χ2n) is 5.46. The van der Waals surface area contributed by atoms with Crippen molar-refractivity contribution in [3.8, 4) is 0 Å². The quantitative estimate of drug-likeness (QED) is 0.814. The second kappa shape index (κ2) is 5.42. The first-order valence-electron chi connectivity index (χ1n) is 6.69. The topological polar surface area (TPSA) is 46.3 Å². The molecule has 1 saturated heterocycles. The number of nitrogens with zero attached hydrogens (tertiary/aromatic N) is 1. The van der Waals surface area contributed by atoms with Crippen LogP contribution in [0, 0.1) is 11.8 Å². The molecule has 1 aliphatic heterocycles. The molecule has 1 aliphatic rings. The molecule has 98 valence electrons. The molecule has 1 aromatic carbocycles. The highest BCUT2D eigenvalue weighted by atomic mass is 16.2. The zero-order valence-electron chi connectivity index (χ0n) is 11.2. The molecule has 0 aromatic heterocycles. The largest absolute Gasteiger partial charge is 0.398 e. The molecule has 2 N–H and O–H groups in total. The molecule has 3 nitrogen and oxygen atoms in total. The van der Waals surface area contributed by atoms with Gasteiger partial charge in [0, 0.05) is 18.8 Å². The summed E-state index contributed by atoms with van der Waals surface area (Å²) in [5.74, 6) is 1.51. The minimum Gasteiger partial charge on any atom is -0.398 e. The number of anilines is 1. The molecule has 2 unspecified atom stereocenters. The Labute approximate surface area is 109 Å². The van der Waals surface area contributed by atoms with Gasteiger partial charge in [-0.05, 0) is 29.9 Å². The summed E-state index contributed by atoms with van der Waals surface area (Å²) in [6.07, 6.45) is 1.53. The summed E-state index contributed by atoms with van der Waals surface area (Å²) in [4.78, 5) is 14.2. The summed E-state index contributed by atoms with van der Waals surface area (Å²) in [5.41, 5.74) is 7.53. The first kappa shape index (κ1) is 12.9. The van der Waals surface area contributed by atoms with Crippen molar-refractivity contribution in [2.75, 3.05) is 18.8 Å². The fourth-order valence-corrected chi connectivity index (χ4v) is 2.46. The first-order valence-corrected chi connectivity index (χ1v) is 6.69. The molecule has 2 rings (SSSR count). The van der Waals surface area contributed by atoms with Gasteiger partial charge in [0.1, 0.15) is 0 Å². The predicted molar refractivity (Wildman–Crippen MR) is 74.1 cm³/mol. The molecular weight excluding hydrogens is 224 g/mol. The van der Waals surface area contributed by atoms with E-state index < -0.39 is 0 Å². The van der Waals surface area contributed by atoms with E-state index in [-0.39, 0.29) is 5.91 Å². The van der Waals surface area contributed by atoms with Crippen LogP contribution >= 0.6 is 0 Å². The van der Waals surface area contributed by atoms with Gasteiger partial charge in [0.25, 0.3) is 0 Å². The Bertz CT molecular complexity index is 430. The molecule has 1 heterocycles. The molecule has 0 spiro atoms. The molecule has 0 aliphatic carbocycles. The zero-order chi connectivity index (χ0) is 13.1. The van der Waals surface area contributed by atoms with Crippen molar-refractivity contribution in [3.05, 3.63) is 29.8 Å². The van der Waals surface area contributed by atoms with Gasteiger partial charge in [-0.15, -0.1) is 0 Å². The van der Waals surface area contributed by atoms with Crippen molar-refractivity contribution in [1.82, 2.24) is 4.90 Å². The number of hydrogen-bond acceptors (Lipinski definition) is 2. The summed E-state index contributed by atoms with van der Waals surface area (Å²) < 4.78 is 0. The summed E-state index contributed by atoms with van der Waals surface area (Å²) in [7, 11) is 0. The molecule has 0 radical (unpaired) electrons. The van der Waals surface area contributed by atoms with Crippen LogP contribution in [0.4, 0.5) is 5.69 Å². The average molecular weight is 246 g/mol. The number of carbonyl (C=O) groups is 1. The van der Waals surface area contributed by atoms with E-state index in [2.05, 4.69) is 13.8 Å². The van der Waals surface area contributed by atoms with Gasteiger partial charge in [0.15, 0.2) is 0 Å². The number of nitrogen functional groups attached to an aromatic ring is 1. The molecule has 3 heteroatoms. The van der Waals surface area contributed by atoms with Crippen LogP contribution in [0.1, 0.15) is 25.8 Å². The van der Waals surface area contributed by atoms with Crippen molar-refractivity contribution in [2.24, 2.45) is 11.8 Å². The Kier molecular flexibility index (Phi) is 3.90. The Balaban J connectivity index is 1.99. The molecule has 1 fully saturated rings. The van der Waals surface area contributed by atoms with Crippen LogP contribution in [0.15, 0.2) is 24.3 Å². The van der Waals surface area contributed by atoms with Crippen LogP contribution in [0.3, 0.4) is 0 Å². The predicted octanol–water partition coefficient (Wildman–Crippen LogP) is 2.32. The van der Waals surface area contributed by atoms with Crippen molar-refractivity contribution < 1.29 is 4.79 Å². The minimum atomic E-state index is 0.201. The van der Waals surface area contributed by atoms with Gasteiger partial charge in [-0.3, -0.25) is 4.79 Å². The van der Waals surface area contributed by atoms with E-state index in [9.17, 15) is 4.79 Å². The van der Waals surface area contributed by atoms with Crippen LogP contribution in [-0.2, 0) is 11.2 Å². The van der Waals surface area contributed by atoms with Crippen LogP contribution in [-0.4, -0.2) is 23.9 Å². The van der Waals surface area contributed by atoms with Crippen LogP contribution in [0.25, 0.3) is 0 Å². The molecule has 0 saturated carbocycles. The number of likely N-dealkylation sites (tertiary alicyclic amines) is 1. The van der Waals surface area contributed by atoms with Gasteiger partial charge in [0.05, 0.1) is 6.42 Å². The van der Waals surface area contributed by atoms with Crippen molar-refractivity contribution in [2.45, 2.75) is 26.7 Å². The molecule has 2 atom stereocenters. The number of amides is 1. The maximum absolute atomic E-state index is 12.2. The Morgan fingerprint density at radius 2 is 2.06 bits per heavy atom. The highest BCUT2D eigenvalue weighted by Gasteiger charge is 2.25. The number of benzene rings is 1. The number of rotatable bonds is 2. The maximum Gasteiger partial charge on any atom is 0.227 e. The Hall–Kier alpha value is -1.51. The second-order valence-corrected chi connectivity index (χ2v) is 5.46. The van der Waals surface area contributed by atoms with Crippen molar-refractivity contribution in [3.63, 3.8) is 0 Å². The maximum atomic E-state index is 12.2. The summed E-state index contributed by atoms with van der Waals surface area (Å²) in [6.45, 7) is 6.26.